The molecule has 2 aliphatic carbocycles. The molecule has 4 nitrogen and oxygen atoms in total. The fourth-order valence-corrected chi connectivity index (χ4v) is 19.8. The third-order valence-corrected chi connectivity index (χ3v) is 26.6. The Morgan fingerprint density at radius 1 is 0.159 bits per heavy atom. The zero-order valence-electron chi connectivity index (χ0n) is 70.4. The Balaban J connectivity index is 0.000000145. The van der Waals surface area contributed by atoms with Gasteiger partial charge in [-0.2, -0.15) is 0 Å². The first-order valence-corrected chi connectivity index (χ1v) is 43.6. The van der Waals surface area contributed by atoms with Gasteiger partial charge in [-0.05, 0) is 282 Å². The zero-order valence-corrected chi connectivity index (χ0v) is 70.4. The van der Waals surface area contributed by atoms with E-state index in [0.29, 0.717) is 0 Å². The van der Waals surface area contributed by atoms with E-state index in [1.807, 2.05) is 24.3 Å². The smallest absolute Gasteiger partial charge is 0.135 e. The van der Waals surface area contributed by atoms with E-state index in [2.05, 4.69) is 462 Å². The first kappa shape index (κ1) is 75.1. The minimum absolute atomic E-state index is 0.175. The van der Waals surface area contributed by atoms with Gasteiger partial charge >= 0.3 is 0 Å². The molecule has 2 aliphatic rings. The van der Waals surface area contributed by atoms with Crippen molar-refractivity contribution in [3.05, 3.63) is 471 Å². The number of anilines is 6. The second kappa shape index (κ2) is 30.6. The van der Waals surface area contributed by atoms with Crippen molar-refractivity contribution in [3.8, 4) is 111 Å². The summed E-state index contributed by atoms with van der Waals surface area (Å²) >= 11 is 0. The molecule has 0 N–H and O–H groups in total. The van der Waals surface area contributed by atoms with Crippen LogP contribution < -0.4 is 9.80 Å². The molecule has 596 valence electrons. The summed E-state index contributed by atoms with van der Waals surface area (Å²) < 4.78 is 12.2. The third kappa shape index (κ3) is 13.3. The summed E-state index contributed by atoms with van der Waals surface area (Å²) in [6.45, 7) is 9.49. The molecule has 0 amide bonds. The predicted octanol–water partition coefficient (Wildman–Crippen LogP) is 34.4. The van der Waals surface area contributed by atoms with Gasteiger partial charge in [0.15, 0.2) is 0 Å². The lowest BCUT2D eigenvalue weighted by atomic mass is 9.81. The molecular formula is C122H86N2O2. The van der Waals surface area contributed by atoms with E-state index in [9.17, 15) is 0 Å². The topological polar surface area (TPSA) is 32.8 Å². The van der Waals surface area contributed by atoms with Crippen LogP contribution in [0.4, 0.5) is 34.1 Å². The average molecular weight is 1610 g/mol. The summed E-state index contributed by atoms with van der Waals surface area (Å²) in [5, 5.41) is 9.59. The Bertz CT molecular complexity index is 7940. The van der Waals surface area contributed by atoms with Crippen LogP contribution in [-0.4, -0.2) is 0 Å². The highest BCUT2D eigenvalue weighted by molar-refractivity contribution is 6.08. The van der Waals surface area contributed by atoms with Gasteiger partial charge in [-0.3, -0.25) is 0 Å². The maximum absolute atomic E-state index is 6.10. The van der Waals surface area contributed by atoms with E-state index >= 15 is 0 Å². The van der Waals surface area contributed by atoms with Crippen molar-refractivity contribution in [3.63, 3.8) is 0 Å². The van der Waals surface area contributed by atoms with Crippen LogP contribution in [0.1, 0.15) is 49.9 Å². The Morgan fingerprint density at radius 2 is 0.437 bits per heavy atom. The van der Waals surface area contributed by atoms with Gasteiger partial charge in [0.2, 0.25) is 0 Å². The number of hydrogen-bond acceptors (Lipinski definition) is 4. The monoisotopic (exact) mass is 1610 g/mol. The molecular weight excluding hydrogens is 1530 g/mol. The molecule has 0 atom stereocenters. The molecule has 0 fully saturated rings. The highest BCUT2D eigenvalue weighted by atomic mass is 16.3. The van der Waals surface area contributed by atoms with E-state index in [1.165, 1.54) is 155 Å². The Morgan fingerprint density at radius 3 is 0.873 bits per heavy atom. The number of benzene rings is 20. The maximum atomic E-state index is 6.10. The van der Waals surface area contributed by atoms with Crippen molar-refractivity contribution < 1.29 is 8.83 Å². The summed E-state index contributed by atoms with van der Waals surface area (Å²) in [6, 6.07) is 163. The molecule has 0 radical (unpaired) electrons. The molecule has 0 aliphatic heterocycles. The first-order valence-electron chi connectivity index (χ1n) is 43.6. The van der Waals surface area contributed by atoms with Crippen LogP contribution in [0.5, 0.6) is 0 Å². The number of nitrogens with zero attached hydrogens (tertiary/aromatic N) is 2. The molecule has 0 saturated heterocycles. The molecule has 0 spiro atoms. The van der Waals surface area contributed by atoms with E-state index in [-0.39, 0.29) is 10.8 Å². The van der Waals surface area contributed by atoms with Crippen molar-refractivity contribution in [2.75, 3.05) is 9.80 Å². The molecule has 0 unspecified atom stereocenters. The molecule has 24 rings (SSSR count). The van der Waals surface area contributed by atoms with Crippen molar-refractivity contribution in [2.24, 2.45) is 0 Å². The number of rotatable bonds is 14. The van der Waals surface area contributed by atoms with Crippen molar-refractivity contribution in [2.45, 2.75) is 38.5 Å². The second-order valence-corrected chi connectivity index (χ2v) is 34.7. The van der Waals surface area contributed by atoms with Crippen LogP contribution in [0.15, 0.2) is 458 Å². The summed E-state index contributed by atoms with van der Waals surface area (Å²) in [5.41, 5.74) is 39.9. The summed E-state index contributed by atoms with van der Waals surface area (Å²) in [5.74, 6) is 0. The Labute approximate surface area is 734 Å². The lowest BCUT2D eigenvalue weighted by molar-refractivity contribution is 0.660. The SMILES string of the molecule is CC1(C)c2cc(-c3ccccc3)ccc2-c2ccc(N(c3ccc(-c4ccc(-c5ccc6oc7ccccc7c6c5)cc4)cc3)c3ccc(-c4ccc5ccccc5c4)cc3)cc21.CC1(C)c2cc(-c3ccccc3)ccc2-c2ccc(N(c3ccc(-c4ccc(-c5ccc6oc7ccccc7c6c5)cc4)cc3)c3ccc(-c4cccc5ccccc45)cc3)cc21. The van der Waals surface area contributed by atoms with Crippen LogP contribution in [0.2, 0.25) is 0 Å². The van der Waals surface area contributed by atoms with Crippen molar-refractivity contribution in [1.29, 1.82) is 0 Å². The molecule has 2 aromatic heterocycles. The average Bonchev–Trinajstić information content (AvgIpc) is 1.57. The van der Waals surface area contributed by atoms with Crippen LogP contribution >= 0.6 is 0 Å². The normalized spacial score (nSPS) is 12.7. The standard InChI is InChI=1S/2C61H43NO/c1-61(2)57-38-47(40-11-4-3-5-12-40)27-34-53(57)54-35-33-50(39-58(54)61)62(49-31-25-45(26-32-49)52-17-10-14-44-13-6-7-15-51(44)52)48-29-23-42(24-30-48)41-19-21-43(22-20-41)46-28-36-60-56(37-46)55-16-8-9-18-59(55)63-60;1-61(2)57-38-49(40-10-4-3-5-11-40)26-33-53(57)54-34-32-52(39-58(54)61)62(51-30-24-45(25-31-51)47-21-20-41-12-6-7-13-46(41)36-47)50-28-22-43(23-29-50)42-16-18-44(19-17-42)48-27-35-60-56(37-48)55-14-8-9-15-59(55)63-60/h2*3-39H,1-2H3. The van der Waals surface area contributed by atoms with Gasteiger partial charge in [0.1, 0.15) is 22.3 Å². The number of hydrogen-bond donors (Lipinski definition) is 0. The van der Waals surface area contributed by atoms with Gasteiger partial charge in [-0.25, -0.2) is 0 Å². The zero-order chi connectivity index (χ0) is 84.1. The molecule has 0 bridgehead atoms. The van der Waals surface area contributed by atoms with E-state index in [4.69, 9.17) is 8.83 Å². The van der Waals surface area contributed by atoms with Gasteiger partial charge in [-0.15, -0.1) is 0 Å². The van der Waals surface area contributed by atoms with Crippen LogP contribution in [-0.2, 0) is 10.8 Å². The lowest BCUT2D eigenvalue weighted by Crippen LogP contribution is -2.16. The molecule has 126 heavy (non-hydrogen) atoms. The van der Waals surface area contributed by atoms with Crippen LogP contribution in [0, 0.1) is 0 Å². The summed E-state index contributed by atoms with van der Waals surface area (Å²) in [4.78, 5) is 4.81. The van der Waals surface area contributed by atoms with Crippen LogP contribution in [0.3, 0.4) is 0 Å². The largest absolute Gasteiger partial charge is 0.456 e. The van der Waals surface area contributed by atoms with Crippen LogP contribution in [0.25, 0.3) is 177 Å². The van der Waals surface area contributed by atoms with Crippen molar-refractivity contribution >= 4 is 99.5 Å². The van der Waals surface area contributed by atoms with Gasteiger partial charge in [0, 0.05) is 66.5 Å². The number of furan rings is 2. The molecule has 0 saturated carbocycles. The number of fused-ring (bicyclic) bond motifs is 14. The van der Waals surface area contributed by atoms with Gasteiger partial charge in [0.25, 0.3) is 0 Å². The summed E-state index contributed by atoms with van der Waals surface area (Å²) in [7, 11) is 0. The molecule has 2 heterocycles. The predicted molar refractivity (Wildman–Crippen MR) is 530 cm³/mol. The van der Waals surface area contributed by atoms with E-state index in [0.717, 1.165) is 78.0 Å². The fourth-order valence-electron chi connectivity index (χ4n) is 19.8. The minimum Gasteiger partial charge on any atom is -0.456 e. The maximum Gasteiger partial charge on any atom is 0.135 e. The lowest BCUT2D eigenvalue weighted by Gasteiger charge is -2.28. The van der Waals surface area contributed by atoms with Gasteiger partial charge in [-0.1, -0.05) is 349 Å². The molecule has 4 heteroatoms. The van der Waals surface area contributed by atoms with E-state index in [1.54, 1.807) is 0 Å². The van der Waals surface area contributed by atoms with Gasteiger partial charge in [0.05, 0.1) is 0 Å². The van der Waals surface area contributed by atoms with E-state index < -0.39 is 0 Å². The molecule has 20 aromatic carbocycles. The first-order chi connectivity index (χ1) is 61.9. The fraction of sp³-hybridized carbons (Fsp3) is 0.0492. The minimum atomic E-state index is -0.177. The van der Waals surface area contributed by atoms with Gasteiger partial charge < -0.3 is 18.6 Å². The van der Waals surface area contributed by atoms with Crippen molar-refractivity contribution in [1.82, 2.24) is 0 Å². The highest BCUT2D eigenvalue weighted by Crippen LogP contribution is 2.55. The summed E-state index contributed by atoms with van der Waals surface area (Å²) in [6.07, 6.45) is 0. The second-order valence-electron chi connectivity index (χ2n) is 34.7. The third-order valence-electron chi connectivity index (χ3n) is 26.6. The molecule has 22 aromatic rings. The number of para-hydroxylation sites is 2. The highest BCUT2D eigenvalue weighted by Gasteiger charge is 2.38. The quantitative estimate of drug-likeness (QED) is 0.109. The Hall–Kier alpha value is -15.9. The Kier molecular flexibility index (Phi) is 18.3.